The van der Waals surface area contributed by atoms with Crippen LogP contribution in [-0.2, 0) is 9.63 Å². The number of carbonyl (C=O) groups is 1. The number of amidine groups is 1. The Balaban J connectivity index is 1.82. The molecule has 6 nitrogen and oxygen atoms in total. The minimum atomic E-state index is -0.644. The maximum Gasteiger partial charge on any atom is 0.372 e. The van der Waals surface area contributed by atoms with Gasteiger partial charge < -0.3 is 20.0 Å². The quantitative estimate of drug-likeness (QED) is 0.381. The Hall–Kier alpha value is -3.02. The van der Waals surface area contributed by atoms with E-state index in [1.165, 1.54) is 0 Å². The van der Waals surface area contributed by atoms with Gasteiger partial charge in [-0.3, -0.25) is 0 Å². The molecule has 0 aromatic heterocycles. The first-order valence-electron chi connectivity index (χ1n) is 6.54. The first-order valence-corrected chi connectivity index (χ1v) is 6.54. The van der Waals surface area contributed by atoms with Crippen LogP contribution < -0.4 is 15.2 Å². The van der Waals surface area contributed by atoms with Crippen LogP contribution in [0.5, 0.6) is 11.5 Å². The number of carbonyl (C=O) groups excluding carboxylic acids is 1. The summed E-state index contributed by atoms with van der Waals surface area (Å²) in [6.07, 6.45) is 0. The van der Waals surface area contributed by atoms with Crippen LogP contribution in [0.1, 0.15) is 5.56 Å². The molecule has 0 aliphatic rings. The van der Waals surface area contributed by atoms with E-state index in [0.717, 1.165) is 0 Å². The lowest BCUT2D eigenvalue weighted by Gasteiger charge is -2.05. The lowest BCUT2D eigenvalue weighted by atomic mass is 10.2. The molecule has 0 aliphatic heterocycles. The third-order valence-electron chi connectivity index (χ3n) is 2.73. The summed E-state index contributed by atoms with van der Waals surface area (Å²) < 4.78 is 10.3. The van der Waals surface area contributed by atoms with E-state index in [4.69, 9.17) is 20.0 Å². The van der Waals surface area contributed by atoms with Gasteiger partial charge in [-0.15, -0.1) is 0 Å². The largest absolute Gasteiger partial charge is 0.497 e. The maximum atomic E-state index is 11.5. The summed E-state index contributed by atoms with van der Waals surface area (Å²) in [7, 11) is 1.57. The summed E-state index contributed by atoms with van der Waals surface area (Å²) in [5, 5.41) is 3.58. The van der Waals surface area contributed by atoms with Gasteiger partial charge in [0.1, 0.15) is 11.5 Å². The highest BCUT2D eigenvalue weighted by Crippen LogP contribution is 2.16. The molecule has 0 radical (unpaired) electrons. The minimum Gasteiger partial charge on any atom is -0.497 e. The van der Waals surface area contributed by atoms with Gasteiger partial charge in [-0.2, -0.15) is 0 Å². The molecule has 2 aromatic rings. The van der Waals surface area contributed by atoms with Crippen molar-refractivity contribution >= 4 is 11.8 Å². The molecule has 0 saturated carbocycles. The topological polar surface area (TPSA) is 83.1 Å². The van der Waals surface area contributed by atoms with Gasteiger partial charge in [0, 0.05) is 5.56 Å². The molecule has 114 valence electrons. The van der Waals surface area contributed by atoms with Crippen molar-refractivity contribution in [3.63, 3.8) is 0 Å². The molecule has 0 unspecified atom stereocenters. The molecule has 0 heterocycles. The Morgan fingerprint density at radius 3 is 2.32 bits per heavy atom. The van der Waals surface area contributed by atoms with Crippen LogP contribution >= 0.6 is 0 Å². The van der Waals surface area contributed by atoms with E-state index in [9.17, 15) is 4.79 Å². The van der Waals surface area contributed by atoms with E-state index in [0.29, 0.717) is 17.1 Å². The maximum absolute atomic E-state index is 11.5. The highest BCUT2D eigenvalue weighted by molar-refractivity contribution is 5.97. The number of hydrogen-bond acceptors (Lipinski definition) is 5. The average Bonchev–Trinajstić information content (AvgIpc) is 2.59. The zero-order valence-electron chi connectivity index (χ0n) is 12.1. The second kappa shape index (κ2) is 7.68. The van der Waals surface area contributed by atoms with Crippen molar-refractivity contribution in [2.24, 2.45) is 10.9 Å². The molecule has 2 rings (SSSR count). The summed E-state index contributed by atoms with van der Waals surface area (Å²) in [5.41, 5.74) is 6.37. The molecular weight excluding hydrogens is 284 g/mol. The van der Waals surface area contributed by atoms with Gasteiger partial charge in [0.15, 0.2) is 12.4 Å². The molecular formula is C16H16N2O4. The van der Waals surface area contributed by atoms with E-state index >= 15 is 0 Å². The van der Waals surface area contributed by atoms with Gasteiger partial charge in [-0.05, 0) is 24.3 Å². The van der Waals surface area contributed by atoms with Gasteiger partial charge in [-0.25, -0.2) is 4.79 Å². The molecule has 0 fully saturated rings. The number of benzene rings is 2. The first-order chi connectivity index (χ1) is 10.7. The zero-order chi connectivity index (χ0) is 15.8. The normalized spacial score (nSPS) is 10.9. The Labute approximate surface area is 128 Å². The van der Waals surface area contributed by atoms with Crippen LogP contribution in [0, 0.1) is 0 Å². The van der Waals surface area contributed by atoms with Crippen molar-refractivity contribution in [2.45, 2.75) is 0 Å². The summed E-state index contributed by atoms with van der Waals surface area (Å²) in [5.74, 6) is 0.709. The van der Waals surface area contributed by atoms with Crippen molar-refractivity contribution in [1.29, 1.82) is 0 Å². The van der Waals surface area contributed by atoms with Gasteiger partial charge in [-0.1, -0.05) is 35.5 Å². The Morgan fingerprint density at radius 2 is 1.68 bits per heavy atom. The van der Waals surface area contributed by atoms with Crippen LogP contribution in [0.15, 0.2) is 59.8 Å². The van der Waals surface area contributed by atoms with Gasteiger partial charge in [0.05, 0.1) is 7.11 Å². The highest BCUT2D eigenvalue weighted by Gasteiger charge is 2.06. The molecule has 22 heavy (non-hydrogen) atoms. The second-order valence-corrected chi connectivity index (χ2v) is 4.27. The lowest BCUT2D eigenvalue weighted by molar-refractivity contribution is -0.146. The van der Waals surface area contributed by atoms with E-state index in [-0.39, 0.29) is 12.4 Å². The fraction of sp³-hybridized carbons (Fsp3) is 0.125. The molecule has 0 spiro atoms. The summed E-state index contributed by atoms with van der Waals surface area (Å²) >= 11 is 0. The SMILES string of the molecule is COc1ccc(OCC(=O)O/N=C(\N)c2ccccc2)cc1. The Bertz CT molecular complexity index is 639. The second-order valence-electron chi connectivity index (χ2n) is 4.27. The summed E-state index contributed by atoms with van der Waals surface area (Å²) in [4.78, 5) is 16.2. The number of nitrogens with two attached hydrogens (primary N) is 1. The summed E-state index contributed by atoms with van der Waals surface area (Å²) in [6, 6.07) is 15.8. The smallest absolute Gasteiger partial charge is 0.372 e. The average molecular weight is 300 g/mol. The fourth-order valence-electron chi connectivity index (χ4n) is 1.60. The fourth-order valence-corrected chi connectivity index (χ4v) is 1.60. The highest BCUT2D eigenvalue weighted by atomic mass is 16.7. The van der Waals surface area contributed by atoms with Gasteiger partial charge >= 0.3 is 5.97 Å². The molecule has 0 saturated heterocycles. The molecule has 2 N–H and O–H groups in total. The molecule has 0 bridgehead atoms. The van der Waals surface area contributed by atoms with E-state index in [1.807, 2.05) is 18.2 Å². The molecule has 0 aliphatic carbocycles. The van der Waals surface area contributed by atoms with Gasteiger partial charge in [0.25, 0.3) is 0 Å². The van der Waals surface area contributed by atoms with Crippen LogP contribution in [0.3, 0.4) is 0 Å². The number of oxime groups is 1. The number of ether oxygens (including phenoxy) is 2. The number of methoxy groups -OCH3 is 1. The third kappa shape index (κ3) is 4.52. The zero-order valence-corrected chi connectivity index (χ0v) is 12.1. The van der Waals surface area contributed by atoms with E-state index in [1.54, 1.807) is 43.5 Å². The molecule has 6 heteroatoms. The van der Waals surface area contributed by atoms with E-state index < -0.39 is 5.97 Å². The van der Waals surface area contributed by atoms with Crippen LogP contribution in [-0.4, -0.2) is 25.5 Å². The summed E-state index contributed by atoms with van der Waals surface area (Å²) in [6.45, 7) is -0.266. The number of nitrogens with zero attached hydrogens (tertiary/aromatic N) is 1. The lowest BCUT2D eigenvalue weighted by Crippen LogP contribution is -2.17. The minimum absolute atomic E-state index is 0.124. The van der Waals surface area contributed by atoms with Crippen molar-refractivity contribution in [1.82, 2.24) is 0 Å². The standard InChI is InChI=1S/C16H16N2O4/c1-20-13-7-9-14(10-8-13)21-11-15(19)22-18-16(17)12-5-3-2-4-6-12/h2-10H,11H2,1H3,(H2,17,18). The third-order valence-corrected chi connectivity index (χ3v) is 2.73. The molecule has 0 amide bonds. The number of rotatable bonds is 6. The predicted molar refractivity (Wildman–Crippen MR) is 81.7 cm³/mol. The van der Waals surface area contributed by atoms with E-state index in [2.05, 4.69) is 5.16 Å². The molecule has 2 aromatic carbocycles. The van der Waals surface area contributed by atoms with Crippen molar-refractivity contribution in [3.05, 3.63) is 60.2 Å². The van der Waals surface area contributed by atoms with Crippen LogP contribution in [0.2, 0.25) is 0 Å². The Kier molecular flexibility index (Phi) is 5.37. The Morgan fingerprint density at radius 1 is 1.05 bits per heavy atom. The van der Waals surface area contributed by atoms with Crippen molar-refractivity contribution in [2.75, 3.05) is 13.7 Å². The van der Waals surface area contributed by atoms with Crippen molar-refractivity contribution < 1.29 is 19.1 Å². The first kappa shape index (κ1) is 15.4. The van der Waals surface area contributed by atoms with Gasteiger partial charge in [0.2, 0.25) is 0 Å². The van der Waals surface area contributed by atoms with Crippen LogP contribution in [0.4, 0.5) is 0 Å². The predicted octanol–water partition coefficient (Wildman–Crippen LogP) is 1.94. The van der Waals surface area contributed by atoms with Crippen molar-refractivity contribution in [3.8, 4) is 11.5 Å². The van der Waals surface area contributed by atoms with Crippen LogP contribution in [0.25, 0.3) is 0 Å². The monoisotopic (exact) mass is 300 g/mol. The molecule has 0 atom stereocenters. The number of hydrogen-bond donors (Lipinski definition) is 1.